The van der Waals surface area contributed by atoms with E-state index in [1.165, 1.54) is 5.56 Å². The predicted octanol–water partition coefficient (Wildman–Crippen LogP) is 3.70. The van der Waals surface area contributed by atoms with Crippen LogP contribution < -0.4 is 4.90 Å². The number of piperazine rings is 1. The highest BCUT2D eigenvalue weighted by Crippen LogP contribution is 2.18. The predicted molar refractivity (Wildman–Crippen MR) is 115 cm³/mol. The van der Waals surface area contributed by atoms with Gasteiger partial charge in [-0.2, -0.15) is 0 Å². The largest absolute Gasteiger partial charge is 0.353 e. The van der Waals surface area contributed by atoms with Crippen molar-refractivity contribution in [1.29, 1.82) is 0 Å². The summed E-state index contributed by atoms with van der Waals surface area (Å²) in [7, 11) is 0. The molecule has 3 heterocycles. The van der Waals surface area contributed by atoms with Crippen molar-refractivity contribution < 1.29 is 0 Å². The Hall–Kier alpha value is -2.51. The quantitative estimate of drug-likeness (QED) is 0.617. The van der Waals surface area contributed by atoms with Crippen LogP contribution in [-0.4, -0.2) is 50.2 Å². The summed E-state index contributed by atoms with van der Waals surface area (Å²) in [5, 5.41) is 0. The lowest BCUT2D eigenvalue weighted by Gasteiger charge is -2.35. The lowest BCUT2D eigenvalue weighted by molar-refractivity contribution is 0.204. The van der Waals surface area contributed by atoms with Gasteiger partial charge in [-0.1, -0.05) is 26.0 Å². The summed E-state index contributed by atoms with van der Waals surface area (Å²) in [5.74, 6) is 1.49. The van der Waals surface area contributed by atoms with Gasteiger partial charge in [0, 0.05) is 56.7 Å². The molecule has 4 rings (SSSR count). The molecular weight excluding hydrogens is 368 g/mol. The third kappa shape index (κ3) is 4.00. The van der Waals surface area contributed by atoms with Gasteiger partial charge in [-0.25, -0.2) is 4.98 Å². The molecule has 0 aliphatic carbocycles. The highest BCUT2D eigenvalue weighted by Gasteiger charge is 2.18. The standard InChI is InChI=1S/C21H26N6S/c1-17(2)18-3-5-19(6-4-18)27-14-13-26(21(27)28)16-24-9-11-25(12-10-24)20-15-22-7-8-23-20/h3-8,13-15,17H,9-12,16H2,1-2H3. The van der Waals surface area contributed by atoms with Crippen LogP contribution in [0.3, 0.4) is 0 Å². The Morgan fingerprint density at radius 3 is 2.39 bits per heavy atom. The Kier molecular flexibility index (Phi) is 5.54. The molecule has 146 valence electrons. The van der Waals surface area contributed by atoms with E-state index in [4.69, 9.17) is 12.2 Å². The SMILES string of the molecule is CC(C)c1ccc(-n2ccn(CN3CCN(c4cnccn4)CC3)c2=S)cc1. The zero-order valence-electron chi connectivity index (χ0n) is 16.4. The molecule has 0 saturated carbocycles. The van der Waals surface area contributed by atoms with Crippen LogP contribution in [0.25, 0.3) is 5.69 Å². The van der Waals surface area contributed by atoms with Crippen molar-refractivity contribution in [3.63, 3.8) is 0 Å². The fraction of sp³-hybridized carbons (Fsp3) is 0.381. The molecule has 1 aliphatic heterocycles. The molecule has 6 nitrogen and oxygen atoms in total. The fourth-order valence-corrected chi connectivity index (χ4v) is 3.81. The summed E-state index contributed by atoms with van der Waals surface area (Å²) in [5.41, 5.74) is 2.45. The molecule has 1 aromatic carbocycles. The highest BCUT2D eigenvalue weighted by atomic mass is 32.1. The minimum absolute atomic E-state index is 0.534. The van der Waals surface area contributed by atoms with Gasteiger partial charge in [0.15, 0.2) is 4.77 Å². The molecule has 0 unspecified atom stereocenters. The normalized spacial score (nSPS) is 15.3. The van der Waals surface area contributed by atoms with Crippen LogP contribution in [0, 0.1) is 4.77 Å². The zero-order chi connectivity index (χ0) is 19.5. The number of hydrogen-bond acceptors (Lipinski definition) is 5. The van der Waals surface area contributed by atoms with Gasteiger partial charge in [0.25, 0.3) is 0 Å². The molecule has 1 saturated heterocycles. The molecule has 0 N–H and O–H groups in total. The Labute approximate surface area is 171 Å². The van der Waals surface area contributed by atoms with Gasteiger partial charge >= 0.3 is 0 Å². The number of imidazole rings is 1. The maximum atomic E-state index is 5.73. The van der Waals surface area contributed by atoms with Crippen LogP contribution in [-0.2, 0) is 6.67 Å². The van der Waals surface area contributed by atoms with Crippen molar-refractivity contribution in [3.8, 4) is 5.69 Å². The first-order valence-electron chi connectivity index (χ1n) is 9.73. The van der Waals surface area contributed by atoms with Crippen molar-refractivity contribution in [1.82, 2.24) is 24.0 Å². The second-order valence-corrected chi connectivity index (χ2v) is 7.84. The average Bonchev–Trinajstić information content (AvgIpc) is 3.09. The van der Waals surface area contributed by atoms with E-state index in [1.54, 1.807) is 12.4 Å². The molecule has 0 spiro atoms. The first-order valence-corrected chi connectivity index (χ1v) is 10.1. The van der Waals surface area contributed by atoms with E-state index in [1.807, 2.05) is 6.20 Å². The Morgan fingerprint density at radius 2 is 1.75 bits per heavy atom. The van der Waals surface area contributed by atoms with Crippen molar-refractivity contribution in [3.05, 3.63) is 65.6 Å². The first kappa shape index (κ1) is 18.8. The van der Waals surface area contributed by atoms with Crippen molar-refractivity contribution >= 4 is 18.0 Å². The van der Waals surface area contributed by atoms with Crippen LogP contribution >= 0.6 is 12.2 Å². The van der Waals surface area contributed by atoms with Gasteiger partial charge in [0.05, 0.1) is 12.9 Å². The van der Waals surface area contributed by atoms with Gasteiger partial charge in [-0.15, -0.1) is 0 Å². The molecule has 0 radical (unpaired) electrons. The van der Waals surface area contributed by atoms with E-state index in [0.717, 1.165) is 49.1 Å². The highest BCUT2D eigenvalue weighted by molar-refractivity contribution is 7.71. The molecule has 28 heavy (non-hydrogen) atoms. The Morgan fingerprint density at radius 1 is 1.00 bits per heavy atom. The van der Waals surface area contributed by atoms with Gasteiger partial charge in [-0.05, 0) is 35.8 Å². The number of nitrogens with zero attached hydrogens (tertiary/aromatic N) is 6. The van der Waals surface area contributed by atoms with Crippen molar-refractivity contribution in [2.24, 2.45) is 0 Å². The molecule has 7 heteroatoms. The van der Waals surface area contributed by atoms with Gasteiger partial charge in [-0.3, -0.25) is 14.5 Å². The summed E-state index contributed by atoms with van der Waals surface area (Å²) >= 11 is 5.73. The minimum atomic E-state index is 0.534. The van der Waals surface area contributed by atoms with E-state index in [2.05, 4.69) is 79.4 Å². The van der Waals surface area contributed by atoms with E-state index >= 15 is 0 Å². The van der Waals surface area contributed by atoms with Crippen molar-refractivity contribution in [2.45, 2.75) is 26.4 Å². The van der Waals surface area contributed by atoms with Gasteiger partial charge < -0.3 is 9.47 Å². The second-order valence-electron chi connectivity index (χ2n) is 7.48. The zero-order valence-corrected chi connectivity index (χ0v) is 17.2. The topological polar surface area (TPSA) is 42.1 Å². The van der Waals surface area contributed by atoms with Crippen LogP contribution in [0.15, 0.2) is 55.2 Å². The second kappa shape index (κ2) is 8.24. The Balaban J connectivity index is 1.41. The number of aromatic nitrogens is 4. The summed E-state index contributed by atoms with van der Waals surface area (Å²) < 4.78 is 5.05. The van der Waals surface area contributed by atoms with Crippen LogP contribution in [0.4, 0.5) is 5.82 Å². The van der Waals surface area contributed by atoms with E-state index < -0.39 is 0 Å². The lowest BCUT2D eigenvalue weighted by Crippen LogP contribution is -2.47. The number of benzene rings is 1. The molecule has 3 aromatic rings. The summed E-state index contributed by atoms with van der Waals surface area (Å²) in [4.78, 5) is 13.3. The average molecular weight is 395 g/mol. The van der Waals surface area contributed by atoms with Crippen molar-refractivity contribution in [2.75, 3.05) is 31.1 Å². The Bertz CT molecular complexity index is 953. The molecule has 0 bridgehead atoms. The monoisotopic (exact) mass is 394 g/mol. The summed E-state index contributed by atoms with van der Waals surface area (Å²) in [6, 6.07) is 8.67. The number of rotatable bonds is 5. The molecule has 0 amide bonds. The van der Waals surface area contributed by atoms with Crippen LogP contribution in [0.5, 0.6) is 0 Å². The maximum Gasteiger partial charge on any atom is 0.185 e. The third-order valence-corrected chi connectivity index (χ3v) is 5.71. The summed E-state index contributed by atoms with van der Waals surface area (Å²) in [6.45, 7) is 9.08. The van der Waals surface area contributed by atoms with Gasteiger partial charge in [0.1, 0.15) is 5.82 Å². The first-order chi connectivity index (χ1) is 13.6. The fourth-order valence-electron chi connectivity index (χ4n) is 3.53. The molecule has 0 atom stereocenters. The van der Waals surface area contributed by atoms with Crippen LogP contribution in [0.1, 0.15) is 25.3 Å². The number of hydrogen-bond donors (Lipinski definition) is 0. The summed E-state index contributed by atoms with van der Waals surface area (Å²) in [6.07, 6.45) is 9.42. The number of anilines is 1. The minimum Gasteiger partial charge on any atom is -0.353 e. The molecule has 2 aromatic heterocycles. The lowest BCUT2D eigenvalue weighted by atomic mass is 10.0. The van der Waals surface area contributed by atoms with Crippen LogP contribution in [0.2, 0.25) is 0 Å². The van der Waals surface area contributed by atoms with E-state index in [-0.39, 0.29) is 0 Å². The van der Waals surface area contributed by atoms with Gasteiger partial charge in [0.2, 0.25) is 0 Å². The molecule has 1 aliphatic rings. The smallest absolute Gasteiger partial charge is 0.185 e. The molecular formula is C21H26N6S. The third-order valence-electron chi connectivity index (χ3n) is 5.28. The van der Waals surface area contributed by atoms with E-state index in [9.17, 15) is 0 Å². The molecule has 1 fully saturated rings. The maximum absolute atomic E-state index is 5.73. The van der Waals surface area contributed by atoms with E-state index in [0.29, 0.717) is 5.92 Å².